The van der Waals surface area contributed by atoms with Crippen molar-refractivity contribution in [3.8, 4) is 0 Å². The Hall–Kier alpha value is -1.40. The van der Waals surface area contributed by atoms with Crippen molar-refractivity contribution in [3.05, 3.63) is 17.0 Å². The van der Waals surface area contributed by atoms with Gasteiger partial charge in [-0.1, -0.05) is 0 Å². The number of amides is 1. The van der Waals surface area contributed by atoms with Crippen molar-refractivity contribution in [2.24, 2.45) is 7.05 Å². The highest BCUT2D eigenvalue weighted by molar-refractivity contribution is 5.95. The smallest absolute Gasteiger partial charge is 0.275 e. The Morgan fingerprint density at radius 3 is 2.71 bits per heavy atom. The molecule has 21 heavy (non-hydrogen) atoms. The molecule has 1 aromatic rings. The Balaban J connectivity index is 1.70. The SMILES string of the molecule is C[C@@H]1Cc2c(C(=O)N3CCC34COC4)nn(C)c2[C@H](C)O1. The largest absolute Gasteiger partial charge is 0.376 e. The van der Waals surface area contributed by atoms with Gasteiger partial charge in [-0.2, -0.15) is 5.10 Å². The molecule has 6 nitrogen and oxygen atoms in total. The Morgan fingerprint density at radius 1 is 1.38 bits per heavy atom. The summed E-state index contributed by atoms with van der Waals surface area (Å²) in [6, 6.07) is 0. The van der Waals surface area contributed by atoms with Gasteiger partial charge < -0.3 is 14.4 Å². The first-order valence-electron chi connectivity index (χ1n) is 7.63. The van der Waals surface area contributed by atoms with Crippen molar-refractivity contribution in [1.82, 2.24) is 14.7 Å². The standard InChI is InChI=1S/C15H21N3O3/c1-9-6-11-12(16-17(3)13(11)10(2)21-9)14(19)18-5-4-15(18)7-20-8-15/h9-10H,4-8H2,1-3H3/t9-,10+/m1/s1. The highest BCUT2D eigenvalue weighted by atomic mass is 16.5. The maximum atomic E-state index is 12.9. The van der Waals surface area contributed by atoms with E-state index in [0.29, 0.717) is 18.9 Å². The molecule has 3 aliphatic heterocycles. The molecule has 2 saturated heterocycles. The molecule has 1 spiro atoms. The van der Waals surface area contributed by atoms with Crippen LogP contribution in [0.25, 0.3) is 0 Å². The number of carbonyl (C=O) groups excluding carboxylic acids is 1. The molecule has 0 saturated carbocycles. The first kappa shape index (κ1) is 13.3. The second kappa shape index (κ2) is 4.30. The van der Waals surface area contributed by atoms with Crippen LogP contribution in [0.3, 0.4) is 0 Å². The molecule has 2 atom stereocenters. The van der Waals surface area contributed by atoms with E-state index in [0.717, 1.165) is 30.6 Å². The van der Waals surface area contributed by atoms with Gasteiger partial charge in [0.2, 0.25) is 0 Å². The lowest BCUT2D eigenvalue weighted by molar-refractivity contribution is -0.172. The van der Waals surface area contributed by atoms with Crippen LogP contribution in [0.15, 0.2) is 0 Å². The lowest BCUT2D eigenvalue weighted by Crippen LogP contribution is -2.72. The van der Waals surface area contributed by atoms with Gasteiger partial charge in [-0.05, 0) is 20.3 Å². The van der Waals surface area contributed by atoms with Gasteiger partial charge in [-0.15, -0.1) is 0 Å². The predicted octanol–water partition coefficient (Wildman–Crippen LogP) is 1.06. The first-order chi connectivity index (χ1) is 10.0. The quantitative estimate of drug-likeness (QED) is 0.776. The zero-order chi connectivity index (χ0) is 14.8. The summed E-state index contributed by atoms with van der Waals surface area (Å²) < 4.78 is 13.0. The Bertz CT molecular complexity index is 600. The predicted molar refractivity (Wildman–Crippen MR) is 75.1 cm³/mol. The summed E-state index contributed by atoms with van der Waals surface area (Å²) in [4.78, 5) is 14.8. The van der Waals surface area contributed by atoms with Crippen molar-refractivity contribution in [2.75, 3.05) is 19.8 Å². The number of aromatic nitrogens is 2. The van der Waals surface area contributed by atoms with Crippen molar-refractivity contribution in [1.29, 1.82) is 0 Å². The molecule has 6 heteroatoms. The molecule has 1 aromatic heterocycles. The van der Waals surface area contributed by atoms with Crippen molar-refractivity contribution in [3.63, 3.8) is 0 Å². The summed E-state index contributed by atoms with van der Waals surface area (Å²) in [5, 5.41) is 4.51. The fourth-order valence-corrected chi connectivity index (χ4v) is 3.83. The third-order valence-corrected chi connectivity index (χ3v) is 5.07. The minimum absolute atomic E-state index is 0.0137. The van der Waals surface area contributed by atoms with Gasteiger partial charge in [-0.25, -0.2) is 0 Å². The molecule has 0 bridgehead atoms. The Kier molecular flexibility index (Phi) is 2.72. The fourth-order valence-electron chi connectivity index (χ4n) is 3.83. The van der Waals surface area contributed by atoms with Crippen molar-refractivity contribution < 1.29 is 14.3 Å². The highest BCUT2D eigenvalue weighted by Gasteiger charge is 2.54. The van der Waals surface area contributed by atoms with E-state index in [1.165, 1.54) is 0 Å². The molecular weight excluding hydrogens is 270 g/mol. The molecule has 1 amide bonds. The van der Waals surface area contributed by atoms with Crippen LogP contribution in [-0.4, -0.2) is 52.0 Å². The number of hydrogen-bond donors (Lipinski definition) is 0. The van der Waals surface area contributed by atoms with Crippen LogP contribution in [0.4, 0.5) is 0 Å². The molecule has 4 rings (SSSR count). The second-order valence-corrected chi connectivity index (χ2v) is 6.55. The van der Waals surface area contributed by atoms with Gasteiger partial charge >= 0.3 is 0 Å². The first-order valence-corrected chi connectivity index (χ1v) is 7.63. The number of ether oxygens (including phenoxy) is 2. The van der Waals surface area contributed by atoms with Gasteiger partial charge in [0, 0.05) is 25.6 Å². The third kappa shape index (κ3) is 1.72. The molecule has 114 valence electrons. The topological polar surface area (TPSA) is 56.6 Å². The van der Waals surface area contributed by atoms with Crippen molar-refractivity contribution in [2.45, 2.75) is 44.4 Å². The lowest BCUT2D eigenvalue weighted by Gasteiger charge is -2.57. The zero-order valence-electron chi connectivity index (χ0n) is 12.8. The van der Waals surface area contributed by atoms with E-state index < -0.39 is 0 Å². The second-order valence-electron chi connectivity index (χ2n) is 6.55. The van der Waals surface area contributed by atoms with Crippen LogP contribution in [-0.2, 0) is 22.9 Å². The van der Waals surface area contributed by atoms with E-state index in [-0.39, 0.29) is 23.7 Å². The molecule has 0 aliphatic carbocycles. The average molecular weight is 291 g/mol. The maximum absolute atomic E-state index is 12.9. The summed E-state index contributed by atoms with van der Waals surface area (Å²) in [6.45, 7) is 6.23. The monoisotopic (exact) mass is 291 g/mol. The Labute approximate surface area is 124 Å². The molecule has 2 fully saturated rings. The molecule has 0 radical (unpaired) electrons. The van der Waals surface area contributed by atoms with Crippen LogP contribution in [0.5, 0.6) is 0 Å². The molecular formula is C15H21N3O3. The number of hydrogen-bond acceptors (Lipinski definition) is 4. The van der Waals surface area contributed by atoms with E-state index in [1.807, 2.05) is 30.5 Å². The van der Waals surface area contributed by atoms with Crippen molar-refractivity contribution >= 4 is 5.91 Å². The van der Waals surface area contributed by atoms with Gasteiger partial charge in [-0.3, -0.25) is 9.48 Å². The van der Waals surface area contributed by atoms with Gasteiger partial charge in [0.15, 0.2) is 5.69 Å². The summed E-state index contributed by atoms with van der Waals surface area (Å²) in [6.07, 6.45) is 1.91. The summed E-state index contributed by atoms with van der Waals surface area (Å²) >= 11 is 0. The highest BCUT2D eigenvalue weighted by Crippen LogP contribution is 2.39. The number of fused-ring (bicyclic) bond motifs is 1. The van der Waals surface area contributed by atoms with Crippen LogP contribution in [0.2, 0.25) is 0 Å². The van der Waals surface area contributed by atoms with Gasteiger partial charge in [0.05, 0.1) is 36.7 Å². The minimum Gasteiger partial charge on any atom is -0.376 e. The molecule has 3 aliphatic rings. The van der Waals surface area contributed by atoms with Gasteiger partial charge in [0.25, 0.3) is 5.91 Å². The number of rotatable bonds is 1. The van der Waals surface area contributed by atoms with E-state index in [2.05, 4.69) is 5.10 Å². The van der Waals surface area contributed by atoms with E-state index in [4.69, 9.17) is 9.47 Å². The number of carbonyl (C=O) groups is 1. The normalized spacial score (nSPS) is 29.8. The van der Waals surface area contributed by atoms with Crippen LogP contribution < -0.4 is 0 Å². The zero-order valence-corrected chi connectivity index (χ0v) is 12.8. The number of aryl methyl sites for hydroxylation is 1. The van der Waals surface area contributed by atoms with E-state index in [1.54, 1.807) is 0 Å². The summed E-state index contributed by atoms with van der Waals surface area (Å²) in [5.74, 6) is 0.0581. The van der Waals surface area contributed by atoms with E-state index in [9.17, 15) is 4.79 Å². The minimum atomic E-state index is -0.0378. The fraction of sp³-hybridized carbons (Fsp3) is 0.733. The summed E-state index contributed by atoms with van der Waals surface area (Å²) in [7, 11) is 1.89. The molecule has 4 heterocycles. The van der Waals surface area contributed by atoms with Crippen LogP contribution >= 0.6 is 0 Å². The number of nitrogens with zero attached hydrogens (tertiary/aromatic N) is 3. The molecule has 0 N–H and O–H groups in total. The van der Waals surface area contributed by atoms with Crippen LogP contribution in [0.1, 0.15) is 48.1 Å². The maximum Gasteiger partial charge on any atom is 0.275 e. The summed E-state index contributed by atoms with van der Waals surface area (Å²) in [5.41, 5.74) is 2.68. The lowest BCUT2D eigenvalue weighted by atomic mass is 9.82. The average Bonchev–Trinajstić information content (AvgIpc) is 2.63. The molecule has 0 aromatic carbocycles. The Morgan fingerprint density at radius 2 is 2.14 bits per heavy atom. The van der Waals surface area contributed by atoms with Gasteiger partial charge in [0.1, 0.15) is 0 Å². The van der Waals surface area contributed by atoms with E-state index >= 15 is 0 Å². The molecule has 0 unspecified atom stereocenters. The third-order valence-electron chi connectivity index (χ3n) is 5.07. The number of likely N-dealkylation sites (tertiary alicyclic amines) is 1. The van der Waals surface area contributed by atoms with Crippen LogP contribution in [0, 0.1) is 0 Å².